The number of rotatable bonds is 3. The summed E-state index contributed by atoms with van der Waals surface area (Å²) in [6, 6.07) is 11.2. The SMILES string of the molecule is O=C(c1ccc(OC(F)(F)F)cc1)N1CC[C@H](c2ccc3c(c2)CCO3)C1. The van der Waals surface area contributed by atoms with Gasteiger partial charge in [-0.2, -0.15) is 0 Å². The molecule has 2 aromatic rings. The predicted octanol–water partition coefficient (Wildman–Crippen LogP) is 4.15. The highest BCUT2D eigenvalue weighted by molar-refractivity contribution is 5.94. The Morgan fingerprint density at radius 3 is 2.67 bits per heavy atom. The number of nitrogens with zero attached hydrogens (tertiary/aromatic N) is 1. The summed E-state index contributed by atoms with van der Waals surface area (Å²) in [5.41, 5.74) is 2.76. The first-order chi connectivity index (χ1) is 12.9. The summed E-state index contributed by atoms with van der Waals surface area (Å²) in [5.74, 6) is 0.679. The highest BCUT2D eigenvalue weighted by atomic mass is 19.4. The summed E-state index contributed by atoms with van der Waals surface area (Å²) in [4.78, 5) is 14.4. The second-order valence-electron chi connectivity index (χ2n) is 6.77. The fraction of sp³-hybridized carbons (Fsp3) is 0.350. The molecule has 0 radical (unpaired) electrons. The number of carbonyl (C=O) groups is 1. The first kappa shape index (κ1) is 17.7. The van der Waals surface area contributed by atoms with Crippen LogP contribution in [0.4, 0.5) is 13.2 Å². The van der Waals surface area contributed by atoms with Gasteiger partial charge in [0.1, 0.15) is 11.5 Å². The van der Waals surface area contributed by atoms with Gasteiger partial charge in [0.2, 0.25) is 0 Å². The maximum atomic E-state index is 12.7. The van der Waals surface area contributed by atoms with Crippen LogP contribution in [-0.2, 0) is 6.42 Å². The number of benzene rings is 2. The summed E-state index contributed by atoms with van der Waals surface area (Å²) in [7, 11) is 0. The van der Waals surface area contributed by atoms with E-state index in [4.69, 9.17) is 4.74 Å². The Morgan fingerprint density at radius 1 is 1.15 bits per heavy atom. The summed E-state index contributed by atoms with van der Waals surface area (Å²) < 4.78 is 46.1. The van der Waals surface area contributed by atoms with E-state index in [1.807, 2.05) is 12.1 Å². The molecule has 1 fully saturated rings. The third-order valence-corrected chi connectivity index (χ3v) is 5.00. The van der Waals surface area contributed by atoms with Gasteiger partial charge >= 0.3 is 6.36 Å². The Bertz CT molecular complexity index is 849. The van der Waals surface area contributed by atoms with Crippen LogP contribution in [-0.4, -0.2) is 36.9 Å². The average molecular weight is 377 g/mol. The number of hydrogen-bond donors (Lipinski definition) is 0. The van der Waals surface area contributed by atoms with Gasteiger partial charge in [0.05, 0.1) is 6.61 Å². The maximum absolute atomic E-state index is 12.7. The molecule has 4 nitrogen and oxygen atoms in total. The van der Waals surface area contributed by atoms with Crippen molar-refractivity contribution in [3.8, 4) is 11.5 Å². The van der Waals surface area contributed by atoms with Crippen LogP contribution in [0, 0.1) is 0 Å². The smallest absolute Gasteiger partial charge is 0.493 e. The first-order valence-electron chi connectivity index (χ1n) is 8.80. The van der Waals surface area contributed by atoms with Crippen molar-refractivity contribution >= 4 is 5.91 Å². The molecule has 142 valence electrons. The van der Waals surface area contributed by atoms with Crippen LogP contribution in [0.1, 0.15) is 33.8 Å². The van der Waals surface area contributed by atoms with Gasteiger partial charge in [-0.15, -0.1) is 13.2 Å². The third kappa shape index (κ3) is 3.86. The molecular weight excluding hydrogens is 359 g/mol. The number of halogens is 3. The van der Waals surface area contributed by atoms with E-state index >= 15 is 0 Å². The predicted molar refractivity (Wildman–Crippen MR) is 92.0 cm³/mol. The van der Waals surface area contributed by atoms with Gasteiger partial charge < -0.3 is 14.4 Å². The average Bonchev–Trinajstić information content (AvgIpc) is 3.29. The second-order valence-corrected chi connectivity index (χ2v) is 6.77. The van der Waals surface area contributed by atoms with Gasteiger partial charge in [-0.1, -0.05) is 12.1 Å². The summed E-state index contributed by atoms with van der Waals surface area (Å²) in [6.07, 6.45) is -2.97. The monoisotopic (exact) mass is 377 g/mol. The molecule has 7 heteroatoms. The zero-order valence-electron chi connectivity index (χ0n) is 14.5. The molecule has 27 heavy (non-hydrogen) atoms. The molecule has 1 atom stereocenters. The lowest BCUT2D eigenvalue weighted by molar-refractivity contribution is -0.274. The number of amides is 1. The summed E-state index contributed by atoms with van der Waals surface area (Å²) >= 11 is 0. The fourth-order valence-corrected chi connectivity index (χ4v) is 3.66. The molecule has 2 heterocycles. The van der Waals surface area contributed by atoms with Crippen molar-refractivity contribution in [2.75, 3.05) is 19.7 Å². The van der Waals surface area contributed by atoms with Crippen LogP contribution < -0.4 is 9.47 Å². The zero-order valence-corrected chi connectivity index (χ0v) is 14.5. The largest absolute Gasteiger partial charge is 0.573 e. The highest BCUT2D eigenvalue weighted by Crippen LogP contribution is 2.33. The number of alkyl halides is 3. The minimum atomic E-state index is -4.74. The van der Waals surface area contributed by atoms with E-state index in [1.54, 1.807) is 4.90 Å². The number of ether oxygens (including phenoxy) is 2. The van der Waals surface area contributed by atoms with Crippen LogP contribution in [0.5, 0.6) is 11.5 Å². The van der Waals surface area contributed by atoms with E-state index < -0.39 is 6.36 Å². The van der Waals surface area contributed by atoms with Crippen LogP contribution in [0.25, 0.3) is 0 Å². The van der Waals surface area contributed by atoms with Crippen LogP contribution in [0.15, 0.2) is 42.5 Å². The molecule has 2 aromatic carbocycles. The fourth-order valence-electron chi connectivity index (χ4n) is 3.66. The van der Waals surface area contributed by atoms with Gasteiger partial charge in [-0.25, -0.2) is 0 Å². The van der Waals surface area contributed by atoms with Gasteiger partial charge in [0.25, 0.3) is 5.91 Å². The lowest BCUT2D eigenvalue weighted by Gasteiger charge is -2.17. The molecule has 2 aliphatic rings. The van der Waals surface area contributed by atoms with Crippen molar-refractivity contribution in [3.05, 3.63) is 59.2 Å². The van der Waals surface area contributed by atoms with Crippen LogP contribution >= 0.6 is 0 Å². The standard InChI is InChI=1S/C20H18F3NO3/c21-20(22,23)27-17-4-1-13(2-5-17)19(25)24-9-7-16(12-24)14-3-6-18-15(11-14)8-10-26-18/h1-6,11,16H,7-10,12H2/t16-/m0/s1. The van der Waals surface area contributed by atoms with E-state index in [-0.39, 0.29) is 17.6 Å². The number of hydrogen-bond acceptors (Lipinski definition) is 3. The summed E-state index contributed by atoms with van der Waals surface area (Å²) in [6.45, 7) is 1.93. The number of likely N-dealkylation sites (tertiary alicyclic amines) is 1. The molecule has 0 N–H and O–H groups in total. The molecule has 0 bridgehead atoms. The Balaban J connectivity index is 1.42. The van der Waals surface area contributed by atoms with Crippen LogP contribution in [0.2, 0.25) is 0 Å². The first-order valence-corrected chi connectivity index (χ1v) is 8.80. The lowest BCUT2D eigenvalue weighted by atomic mass is 9.96. The molecule has 4 rings (SSSR count). The topological polar surface area (TPSA) is 38.8 Å². The normalized spacial score (nSPS) is 18.9. The Morgan fingerprint density at radius 2 is 1.93 bits per heavy atom. The minimum absolute atomic E-state index is 0.180. The number of carbonyl (C=O) groups excluding carboxylic acids is 1. The molecule has 1 saturated heterocycles. The lowest BCUT2D eigenvalue weighted by Crippen LogP contribution is -2.28. The van der Waals surface area contributed by atoms with Crippen LogP contribution in [0.3, 0.4) is 0 Å². The molecule has 0 saturated carbocycles. The van der Waals surface area contributed by atoms with Gasteiger partial charge in [-0.05, 0) is 47.9 Å². The molecule has 0 aliphatic carbocycles. The van der Waals surface area contributed by atoms with Gasteiger partial charge in [0.15, 0.2) is 0 Å². The van der Waals surface area contributed by atoms with E-state index in [0.29, 0.717) is 25.3 Å². The highest BCUT2D eigenvalue weighted by Gasteiger charge is 2.32. The van der Waals surface area contributed by atoms with Crippen molar-refractivity contribution in [2.45, 2.75) is 25.1 Å². The Hall–Kier alpha value is -2.70. The van der Waals surface area contributed by atoms with Gasteiger partial charge in [-0.3, -0.25) is 4.79 Å². The molecular formula is C20H18F3NO3. The van der Waals surface area contributed by atoms with E-state index in [9.17, 15) is 18.0 Å². The molecule has 0 spiro atoms. The van der Waals surface area contributed by atoms with E-state index in [1.165, 1.54) is 23.3 Å². The van der Waals surface area contributed by atoms with Crippen molar-refractivity contribution in [2.24, 2.45) is 0 Å². The van der Waals surface area contributed by atoms with E-state index in [2.05, 4.69) is 10.8 Å². The Kier molecular flexibility index (Phi) is 4.45. The third-order valence-electron chi connectivity index (χ3n) is 5.00. The van der Waals surface area contributed by atoms with Gasteiger partial charge in [0, 0.05) is 31.0 Å². The molecule has 2 aliphatic heterocycles. The maximum Gasteiger partial charge on any atom is 0.573 e. The second kappa shape index (κ2) is 6.79. The van der Waals surface area contributed by atoms with Crippen molar-refractivity contribution in [1.82, 2.24) is 4.90 Å². The zero-order chi connectivity index (χ0) is 19.0. The van der Waals surface area contributed by atoms with Crippen molar-refractivity contribution in [3.63, 3.8) is 0 Å². The number of fused-ring (bicyclic) bond motifs is 1. The molecule has 0 unspecified atom stereocenters. The Labute approximate surface area is 154 Å². The molecule has 0 aromatic heterocycles. The summed E-state index contributed by atoms with van der Waals surface area (Å²) in [5, 5.41) is 0. The van der Waals surface area contributed by atoms with Crippen molar-refractivity contribution in [1.29, 1.82) is 0 Å². The van der Waals surface area contributed by atoms with Crippen molar-refractivity contribution < 1.29 is 27.4 Å². The minimum Gasteiger partial charge on any atom is -0.493 e. The molecule has 1 amide bonds. The van der Waals surface area contributed by atoms with E-state index in [0.717, 1.165) is 30.7 Å². The quantitative estimate of drug-likeness (QED) is 0.807.